The molecule has 0 bridgehead atoms. The standard InChI is InChI=1S/C15H26N4O3S.ClH/c1-22-12-15(5-7-16-8-6-15)11-17-23(20,21)14-10-19-9-3-2-4-13(19)18-14;/h10,16-17H,2-9,11-12H2,1H3;1H. The summed E-state index contributed by atoms with van der Waals surface area (Å²) in [6.45, 7) is 3.61. The molecule has 2 aliphatic heterocycles. The van der Waals surface area contributed by atoms with E-state index in [0.29, 0.717) is 13.2 Å². The van der Waals surface area contributed by atoms with Gasteiger partial charge in [0.15, 0.2) is 5.03 Å². The Morgan fingerprint density at radius 1 is 1.38 bits per heavy atom. The second-order valence-electron chi connectivity index (χ2n) is 6.65. The number of nitrogens with one attached hydrogen (secondary N) is 2. The molecule has 0 unspecified atom stereocenters. The van der Waals surface area contributed by atoms with Gasteiger partial charge in [-0.3, -0.25) is 0 Å². The van der Waals surface area contributed by atoms with Crippen LogP contribution in [0.1, 0.15) is 31.5 Å². The lowest BCUT2D eigenvalue weighted by molar-refractivity contribution is 0.0577. The lowest BCUT2D eigenvalue weighted by Gasteiger charge is -2.37. The smallest absolute Gasteiger partial charge is 0.259 e. The molecule has 138 valence electrons. The molecule has 0 radical (unpaired) electrons. The molecule has 1 aromatic heterocycles. The number of nitrogens with zero attached hydrogens (tertiary/aromatic N) is 2. The highest BCUT2D eigenvalue weighted by molar-refractivity contribution is 7.89. The Bertz CT molecular complexity index is 612. The number of hydrogen-bond donors (Lipinski definition) is 2. The summed E-state index contributed by atoms with van der Waals surface area (Å²) < 4.78 is 35.3. The number of imidazole rings is 1. The number of hydrogen-bond acceptors (Lipinski definition) is 5. The molecule has 1 aromatic rings. The minimum Gasteiger partial charge on any atom is -0.384 e. The maximum absolute atomic E-state index is 12.6. The zero-order valence-corrected chi connectivity index (χ0v) is 15.7. The molecule has 0 amide bonds. The first-order valence-corrected chi connectivity index (χ1v) is 9.78. The summed E-state index contributed by atoms with van der Waals surface area (Å²) in [4.78, 5) is 4.32. The number of aromatic nitrogens is 2. The Balaban J connectivity index is 0.00000208. The number of ether oxygens (including phenoxy) is 1. The van der Waals surface area contributed by atoms with Gasteiger partial charge in [0.25, 0.3) is 10.0 Å². The SMILES string of the molecule is COCC1(CNS(=O)(=O)c2cn3c(n2)CCCC3)CCNCC1.Cl. The molecule has 0 spiro atoms. The van der Waals surface area contributed by atoms with Crippen LogP contribution in [0.25, 0.3) is 0 Å². The number of rotatable bonds is 6. The highest BCUT2D eigenvalue weighted by Gasteiger charge is 2.34. The van der Waals surface area contributed by atoms with Gasteiger partial charge in [0.05, 0.1) is 6.61 Å². The average molecular weight is 379 g/mol. The van der Waals surface area contributed by atoms with Gasteiger partial charge in [0, 0.05) is 38.2 Å². The van der Waals surface area contributed by atoms with Crippen LogP contribution < -0.4 is 10.0 Å². The molecule has 24 heavy (non-hydrogen) atoms. The van der Waals surface area contributed by atoms with E-state index in [9.17, 15) is 8.42 Å². The number of sulfonamides is 1. The van der Waals surface area contributed by atoms with Gasteiger partial charge in [-0.2, -0.15) is 0 Å². The number of methoxy groups -OCH3 is 1. The molecule has 3 heterocycles. The Morgan fingerprint density at radius 3 is 2.79 bits per heavy atom. The topological polar surface area (TPSA) is 85.2 Å². The molecule has 0 atom stereocenters. The van der Waals surface area contributed by atoms with Crippen LogP contribution in [0.2, 0.25) is 0 Å². The maximum atomic E-state index is 12.6. The van der Waals surface area contributed by atoms with Crippen LogP contribution in [0.15, 0.2) is 11.2 Å². The molecule has 3 rings (SSSR count). The van der Waals surface area contributed by atoms with Crippen LogP contribution in [0.4, 0.5) is 0 Å². The van der Waals surface area contributed by atoms with Crippen molar-refractivity contribution in [3.63, 3.8) is 0 Å². The van der Waals surface area contributed by atoms with Crippen molar-refractivity contribution in [1.29, 1.82) is 0 Å². The molecule has 7 nitrogen and oxygen atoms in total. The van der Waals surface area contributed by atoms with Gasteiger partial charge >= 0.3 is 0 Å². The number of aryl methyl sites for hydroxylation is 2. The first-order chi connectivity index (χ1) is 11.0. The molecule has 1 fully saturated rings. The number of halogens is 1. The normalized spacial score (nSPS) is 20.2. The second kappa shape index (κ2) is 8.14. The van der Waals surface area contributed by atoms with Crippen molar-refractivity contribution in [1.82, 2.24) is 19.6 Å². The average Bonchev–Trinajstić information content (AvgIpc) is 2.99. The van der Waals surface area contributed by atoms with Crippen molar-refractivity contribution in [3.8, 4) is 0 Å². The van der Waals surface area contributed by atoms with E-state index in [1.807, 2.05) is 4.57 Å². The molecule has 0 saturated carbocycles. The first-order valence-electron chi connectivity index (χ1n) is 8.30. The van der Waals surface area contributed by atoms with Crippen LogP contribution in [0.3, 0.4) is 0 Å². The van der Waals surface area contributed by atoms with E-state index in [2.05, 4.69) is 15.0 Å². The molecule has 2 aliphatic rings. The zero-order chi connectivity index (χ0) is 16.3. The van der Waals surface area contributed by atoms with E-state index in [1.165, 1.54) is 0 Å². The fourth-order valence-corrected chi connectivity index (χ4v) is 4.61. The van der Waals surface area contributed by atoms with Gasteiger partial charge < -0.3 is 14.6 Å². The van der Waals surface area contributed by atoms with Gasteiger partial charge in [-0.15, -0.1) is 12.4 Å². The van der Waals surface area contributed by atoms with E-state index in [-0.39, 0.29) is 22.8 Å². The summed E-state index contributed by atoms with van der Waals surface area (Å²) in [6, 6.07) is 0. The monoisotopic (exact) mass is 378 g/mol. The van der Waals surface area contributed by atoms with Gasteiger partial charge in [-0.05, 0) is 38.8 Å². The van der Waals surface area contributed by atoms with E-state index >= 15 is 0 Å². The van der Waals surface area contributed by atoms with Crippen LogP contribution in [-0.4, -0.2) is 51.3 Å². The molecule has 9 heteroatoms. The summed E-state index contributed by atoms with van der Waals surface area (Å²) in [6.07, 6.45) is 6.50. The summed E-state index contributed by atoms with van der Waals surface area (Å²) in [5, 5.41) is 3.46. The summed E-state index contributed by atoms with van der Waals surface area (Å²) >= 11 is 0. The van der Waals surface area contributed by atoms with Crippen LogP contribution in [0, 0.1) is 5.41 Å². The van der Waals surface area contributed by atoms with Crippen molar-refractivity contribution >= 4 is 22.4 Å². The first kappa shape index (κ1) is 19.7. The predicted molar refractivity (Wildman–Crippen MR) is 94.0 cm³/mol. The largest absolute Gasteiger partial charge is 0.384 e. The Labute approximate surface area is 150 Å². The van der Waals surface area contributed by atoms with Crippen LogP contribution in [0.5, 0.6) is 0 Å². The third-order valence-corrected chi connectivity index (χ3v) is 6.19. The van der Waals surface area contributed by atoms with Crippen molar-refractivity contribution < 1.29 is 13.2 Å². The summed E-state index contributed by atoms with van der Waals surface area (Å²) in [5.41, 5.74) is -0.133. The Hall–Kier alpha value is -0.670. The fourth-order valence-electron chi connectivity index (χ4n) is 3.47. The zero-order valence-electron chi connectivity index (χ0n) is 14.1. The maximum Gasteiger partial charge on any atom is 0.259 e. The summed E-state index contributed by atoms with van der Waals surface area (Å²) in [5.74, 6) is 0.880. The Morgan fingerprint density at radius 2 is 2.12 bits per heavy atom. The fraction of sp³-hybridized carbons (Fsp3) is 0.800. The van der Waals surface area contributed by atoms with Crippen LogP contribution >= 0.6 is 12.4 Å². The number of piperidine rings is 1. The molecular weight excluding hydrogens is 352 g/mol. The molecule has 0 aliphatic carbocycles. The number of fused-ring (bicyclic) bond motifs is 1. The van der Waals surface area contributed by atoms with Crippen molar-refractivity contribution in [2.24, 2.45) is 5.41 Å². The lowest BCUT2D eigenvalue weighted by atomic mass is 9.80. The van der Waals surface area contributed by atoms with Gasteiger partial charge in [0.2, 0.25) is 0 Å². The van der Waals surface area contributed by atoms with Gasteiger partial charge in [-0.25, -0.2) is 18.1 Å². The third kappa shape index (κ3) is 4.29. The summed E-state index contributed by atoms with van der Waals surface area (Å²) in [7, 11) is -1.90. The highest BCUT2D eigenvalue weighted by Crippen LogP contribution is 2.29. The van der Waals surface area contributed by atoms with E-state index < -0.39 is 10.0 Å². The van der Waals surface area contributed by atoms with E-state index in [1.54, 1.807) is 13.3 Å². The molecule has 1 saturated heterocycles. The Kier molecular flexibility index (Phi) is 6.66. The minimum absolute atomic E-state index is 0. The van der Waals surface area contributed by atoms with E-state index in [4.69, 9.17) is 4.74 Å². The van der Waals surface area contributed by atoms with Gasteiger partial charge in [-0.1, -0.05) is 0 Å². The van der Waals surface area contributed by atoms with Gasteiger partial charge in [0.1, 0.15) is 5.82 Å². The third-order valence-electron chi connectivity index (χ3n) is 4.91. The quantitative estimate of drug-likeness (QED) is 0.769. The lowest BCUT2D eigenvalue weighted by Crippen LogP contribution is -2.47. The van der Waals surface area contributed by atoms with Crippen LogP contribution in [-0.2, 0) is 27.7 Å². The predicted octanol–water partition coefficient (Wildman–Crippen LogP) is 0.936. The molecular formula is C15H27ClN4O3S. The minimum atomic E-state index is -3.57. The van der Waals surface area contributed by atoms with Crippen molar-refractivity contribution in [3.05, 3.63) is 12.0 Å². The van der Waals surface area contributed by atoms with E-state index in [0.717, 1.165) is 57.6 Å². The van der Waals surface area contributed by atoms with Crippen molar-refractivity contribution in [2.75, 3.05) is 33.4 Å². The highest BCUT2D eigenvalue weighted by atomic mass is 35.5. The molecule has 0 aromatic carbocycles. The second-order valence-corrected chi connectivity index (χ2v) is 8.37. The van der Waals surface area contributed by atoms with Crippen molar-refractivity contribution in [2.45, 2.75) is 43.7 Å². The molecule has 2 N–H and O–H groups in total.